The van der Waals surface area contributed by atoms with E-state index in [1.165, 1.54) is 6.42 Å². The van der Waals surface area contributed by atoms with Crippen molar-refractivity contribution in [3.8, 4) is 0 Å². The summed E-state index contributed by atoms with van der Waals surface area (Å²) in [5.74, 6) is 3.65. The van der Waals surface area contributed by atoms with E-state index < -0.39 is 0 Å². The molecule has 4 saturated carbocycles. The van der Waals surface area contributed by atoms with Crippen molar-refractivity contribution in [2.24, 2.45) is 45.8 Å². The molecular weight excluding hydrogens is 192 g/mol. The van der Waals surface area contributed by atoms with Gasteiger partial charge in [0.1, 0.15) is 0 Å². The lowest BCUT2D eigenvalue weighted by atomic mass is 9.79. The molecule has 0 heterocycles. The lowest BCUT2D eigenvalue weighted by Crippen LogP contribution is -2.26. The third kappa shape index (κ3) is 0.703. The van der Waals surface area contributed by atoms with Crippen molar-refractivity contribution in [2.45, 2.75) is 19.3 Å². The molecule has 4 aliphatic rings. The summed E-state index contributed by atoms with van der Waals surface area (Å²) in [6, 6.07) is 0. The first kappa shape index (κ1) is 8.13. The zero-order valence-electron chi connectivity index (χ0n) is 8.37. The minimum absolute atomic E-state index is 0.398. The van der Waals surface area contributed by atoms with E-state index in [4.69, 9.17) is 10.4 Å². The molecule has 0 amide bonds. The molecule has 0 spiro atoms. The number of hydrogen-bond acceptors (Lipinski definition) is 4. The summed E-state index contributed by atoms with van der Waals surface area (Å²) in [4.78, 5) is 0. The van der Waals surface area contributed by atoms with Crippen molar-refractivity contribution < 1.29 is 10.4 Å². The second kappa shape index (κ2) is 2.36. The Labute approximate surface area is 87.7 Å². The molecule has 2 N–H and O–H groups in total. The second-order valence-electron chi connectivity index (χ2n) is 5.53. The topological polar surface area (TPSA) is 65.2 Å². The summed E-state index contributed by atoms with van der Waals surface area (Å²) in [6.45, 7) is 0. The maximum atomic E-state index is 9.02. The van der Waals surface area contributed by atoms with Gasteiger partial charge in [0.15, 0.2) is 0 Å². The minimum atomic E-state index is 0.398. The van der Waals surface area contributed by atoms with E-state index >= 15 is 0 Å². The number of nitrogens with zero attached hydrogens (tertiary/aromatic N) is 2. The van der Waals surface area contributed by atoms with Crippen LogP contribution in [0.3, 0.4) is 0 Å². The standard InChI is InChI=1S/C11H14N2O2/c14-12-8-2-4-5-3-9(13-15)11-7(5)1-6(4)10(8)11/h4-7,10-11,14-15H,1-3H2. The van der Waals surface area contributed by atoms with E-state index in [1.807, 2.05) is 0 Å². The van der Waals surface area contributed by atoms with Gasteiger partial charge < -0.3 is 10.4 Å². The first-order valence-corrected chi connectivity index (χ1v) is 5.76. The van der Waals surface area contributed by atoms with Crippen LogP contribution in [0, 0.1) is 35.5 Å². The van der Waals surface area contributed by atoms with Crippen LogP contribution in [0.4, 0.5) is 0 Å². The highest BCUT2D eigenvalue weighted by atomic mass is 16.4. The van der Waals surface area contributed by atoms with E-state index in [2.05, 4.69) is 10.3 Å². The fourth-order valence-corrected chi connectivity index (χ4v) is 5.14. The number of fused-ring (bicyclic) bond motifs is 2. The summed E-state index contributed by atoms with van der Waals surface area (Å²) < 4.78 is 0. The number of rotatable bonds is 0. The van der Waals surface area contributed by atoms with Crippen LogP contribution in [-0.2, 0) is 0 Å². The van der Waals surface area contributed by atoms with Crippen LogP contribution in [0.15, 0.2) is 10.3 Å². The zero-order valence-corrected chi connectivity index (χ0v) is 8.37. The minimum Gasteiger partial charge on any atom is -0.411 e. The van der Waals surface area contributed by atoms with Crippen molar-refractivity contribution in [1.82, 2.24) is 0 Å². The van der Waals surface area contributed by atoms with Gasteiger partial charge in [-0.2, -0.15) is 0 Å². The normalized spacial score (nSPS) is 60.0. The molecule has 4 rings (SSSR count). The zero-order chi connectivity index (χ0) is 10.2. The largest absolute Gasteiger partial charge is 0.411 e. The summed E-state index contributed by atoms with van der Waals surface area (Å²) in [6.07, 6.45) is 3.24. The highest BCUT2D eigenvalue weighted by molar-refractivity contribution is 6.00. The Morgan fingerprint density at radius 3 is 1.67 bits per heavy atom. The Morgan fingerprint density at radius 1 is 0.800 bits per heavy atom. The van der Waals surface area contributed by atoms with E-state index in [0.717, 1.165) is 36.1 Å². The van der Waals surface area contributed by atoms with Gasteiger partial charge in [-0.15, -0.1) is 0 Å². The maximum absolute atomic E-state index is 9.02. The first-order valence-electron chi connectivity index (χ1n) is 5.76. The molecular formula is C11H14N2O2. The van der Waals surface area contributed by atoms with Gasteiger partial charge in [0, 0.05) is 11.8 Å². The Hall–Kier alpha value is -1.06. The van der Waals surface area contributed by atoms with Crippen LogP contribution in [0.5, 0.6) is 0 Å². The molecule has 4 aliphatic carbocycles. The van der Waals surface area contributed by atoms with Gasteiger partial charge in [-0.05, 0) is 42.9 Å². The predicted molar refractivity (Wildman–Crippen MR) is 53.2 cm³/mol. The monoisotopic (exact) mass is 206 g/mol. The van der Waals surface area contributed by atoms with E-state index in [0.29, 0.717) is 23.7 Å². The lowest BCUT2D eigenvalue weighted by Gasteiger charge is -2.24. The van der Waals surface area contributed by atoms with Gasteiger partial charge in [-0.25, -0.2) is 0 Å². The average Bonchev–Trinajstić information content (AvgIpc) is 2.83. The highest BCUT2D eigenvalue weighted by Gasteiger charge is 2.67. The second-order valence-corrected chi connectivity index (χ2v) is 5.53. The molecule has 0 aromatic carbocycles. The predicted octanol–water partition coefficient (Wildman–Crippen LogP) is 1.57. The summed E-state index contributed by atoms with van der Waals surface area (Å²) in [5.41, 5.74) is 1.95. The first-order chi connectivity index (χ1) is 7.35. The molecule has 0 aromatic rings. The van der Waals surface area contributed by atoms with Crippen LogP contribution in [-0.4, -0.2) is 21.8 Å². The molecule has 80 valence electrons. The van der Waals surface area contributed by atoms with E-state index in [9.17, 15) is 0 Å². The van der Waals surface area contributed by atoms with Crippen molar-refractivity contribution in [3.63, 3.8) is 0 Å². The third-order valence-corrected chi connectivity index (χ3v) is 5.42. The van der Waals surface area contributed by atoms with Gasteiger partial charge in [-0.3, -0.25) is 0 Å². The lowest BCUT2D eigenvalue weighted by molar-refractivity contribution is 0.240. The molecule has 0 aromatic heterocycles. The molecule has 4 fully saturated rings. The van der Waals surface area contributed by atoms with Gasteiger partial charge in [0.2, 0.25) is 0 Å². The van der Waals surface area contributed by atoms with Gasteiger partial charge >= 0.3 is 0 Å². The molecule has 15 heavy (non-hydrogen) atoms. The van der Waals surface area contributed by atoms with Crippen molar-refractivity contribution in [2.75, 3.05) is 0 Å². The molecule has 0 saturated heterocycles. The fraction of sp³-hybridized carbons (Fsp3) is 0.818. The molecule has 0 radical (unpaired) electrons. The van der Waals surface area contributed by atoms with E-state index in [-0.39, 0.29) is 0 Å². The Bertz CT molecular complexity index is 350. The maximum Gasteiger partial charge on any atom is 0.0614 e. The molecule has 4 heteroatoms. The van der Waals surface area contributed by atoms with Crippen LogP contribution in [0.1, 0.15) is 19.3 Å². The van der Waals surface area contributed by atoms with Crippen molar-refractivity contribution in [1.29, 1.82) is 0 Å². The van der Waals surface area contributed by atoms with Crippen LogP contribution >= 0.6 is 0 Å². The molecule has 0 aliphatic heterocycles. The smallest absolute Gasteiger partial charge is 0.0614 e. The van der Waals surface area contributed by atoms with Crippen LogP contribution < -0.4 is 0 Å². The van der Waals surface area contributed by atoms with E-state index in [1.54, 1.807) is 0 Å². The summed E-state index contributed by atoms with van der Waals surface area (Å²) in [7, 11) is 0. The summed E-state index contributed by atoms with van der Waals surface area (Å²) >= 11 is 0. The van der Waals surface area contributed by atoms with Gasteiger partial charge in [0.25, 0.3) is 0 Å². The number of oxime groups is 2. The average molecular weight is 206 g/mol. The number of hydrogen-bond donors (Lipinski definition) is 2. The summed E-state index contributed by atoms with van der Waals surface area (Å²) in [5, 5.41) is 25.0. The third-order valence-electron chi connectivity index (χ3n) is 5.42. The van der Waals surface area contributed by atoms with Crippen molar-refractivity contribution >= 4 is 11.4 Å². The van der Waals surface area contributed by atoms with Crippen molar-refractivity contribution in [3.05, 3.63) is 0 Å². The molecule has 6 unspecified atom stereocenters. The fourth-order valence-electron chi connectivity index (χ4n) is 5.14. The highest BCUT2D eigenvalue weighted by Crippen LogP contribution is 2.68. The Balaban J connectivity index is 1.87. The SMILES string of the molecule is ON=C1CC2C3CC(=NO)C4C3CC2C14. The van der Waals surface area contributed by atoms with Gasteiger partial charge in [0.05, 0.1) is 11.4 Å². The Morgan fingerprint density at radius 2 is 1.27 bits per heavy atom. The molecule has 2 bridgehead atoms. The molecule has 6 atom stereocenters. The Kier molecular flexibility index (Phi) is 1.28. The van der Waals surface area contributed by atoms with Crippen LogP contribution in [0.25, 0.3) is 0 Å². The van der Waals surface area contributed by atoms with Gasteiger partial charge in [-0.1, -0.05) is 10.3 Å². The molecule has 4 nitrogen and oxygen atoms in total. The quantitative estimate of drug-likeness (QED) is 0.466. The van der Waals surface area contributed by atoms with Crippen LogP contribution in [0.2, 0.25) is 0 Å².